The third-order valence-electron chi connectivity index (χ3n) is 11.6. The van der Waals surface area contributed by atoms with Gasteiger partial charge in [0.2, 0.25) is 0 Å². The van der Waals surface area contributed by atoms with E-state index in [-0.39, 0.29) is 36.9 Å². The number of esters is 2. The van der Waals surface area contributed by atoms with Crippen LogP contribution < -0.4 is 5.73 Å². The molecule has 0 aromatic carbocycles. The Morgan fingerprint density at radius 3 is 1.83 bits per heavy atom. The number of carboxylic acids is 1. The second kappa shape index (κ2) is 37.7. The molecule has 1 aliphatic rings. The largest absolute Gasteiger partial charge is 0.480 e. The third kappa shape index (κ3) is 32.0. The van der Waals surface area contributed by atoms with Crippen LogP contribution in [0.1, 0.15) is 200 Å². The molecule has 0 aromatic heterocycles. The summed E-state index contributed by atoms with van der Waals surface area (Å²) in [5.74, 6) is -3.20. The number of carbonyl (C=O) groups excluding carboxylic acids is 3. The molecular weight excluding hydrogens is 829 g/mol. The van der Waals surface area contributed by atoms with Gasteiger partial charge >= 0.3 is 25.7 Å². The number of carboxylic acid groups (broad SMARTS) is 1. The van der Waals surface area contributed by atoms with E-state index in [0.29, 0.717) is 38.5 Å². The van der Waals surface area contributed by atoms with Crippen molar-refractivity contribution in [2.24, 2.45) is 17.6 Å². The van der Waals surface area contributed by atoms with Gasteiger partial charge in [0.15, 0.2) is 6.10 Å². The maximum absolute atomic E-state index is 12.8. The number of unbranched alkanes of at least 4 members (excludes halogenated alkanes) is 20. The van der Waals surface area contributed by atoms with Crippen LogP contribution in [0.5, 0.6) is 0 Å². The summed E-state index contributed by atoms with van der Waals surface area (Å²) in [6.07, 6.45) is 32.8. The molecule has 0 bridgehead atoms. The van der Waals surface area contributed by atoms with Crippen molar-refractivity contribution in [1.82, 2.24) is 0 Å². The lowest BCUT2D eigenvalue weighted by atomic mass is 9.88. The lowest BCUT2D eigenvalue weighted by Crippen LogP contribution is -2.34. The second-order valence-corrected chi connectivity index (χ2v) is 18.8. The first kappa shape index (κ1) is 58.6. The van der Waals surface area contributed by atoms with Crippen LogP contribution in [-0.2, 0) is 42.3 Å². The number of phosphoric ester groups is 1. The molecule has 63 heavy (non-hydrogen) atoms. The van der Waals surface area contributed by atoms with Crippen molar-refractivity contribution in [3.8, 4) is 0 Å². The zero-order valence-electron chi connectivity index (χ0n) is 38.9. The number of rotatable bonds is 42. The lowest BCUT2D eigenvalue weighted by molar-refractivity contribution is -0.161. The van der Waals surface area contributed by atoms with Gasteiger partial charge in [-0.1, -0.05) is 154 Å². The smallest absolute Gasteiger partial charge is 0.472 e. The zero-order chi connectivity index (χ0) is 46.6. The minimum Gasteiger partial charge on any atom is -0.480 e. The van der Waals surface area contributed by atoms with Gasteiger partial charge in [-0.25, -0.2) is 4.57 Å². The van der Waals surface area contributed by atoms with Crippen LogP contribution in [0.25, 0.3) is 0 Å². The molecular formula is C48H86NO13P. The van der Waals surface area contributed by atoms with E-state index in [4.69, 9.17) is 24.8 Å². The van der Waals surface area contributed by atoms with Crippen LogP contribution >= 0.6 is 7.82 Å². The number of phosphoric acid groups is 1. The summed E-state index contributed by atoms with van der Waals surface area (Å²) < 4.78 is 32.8. The second-order valence-electron chi connectivity index (χ2n) is 17.4. The Morgan fingerprint density at radius 2 is 1.24 bits per heavy atom. The van der Waals surface area contributed by atoms with Gasteiger partial charge in [0.25, 0.3) is 0 Å². The molecule has 15 heteroatoms. The molecule has 14 nitrogen and oxygen atoms in total. The minimum atomic E-state index is -4.79. The first-order valence-electron chi connectivity index (χ1n) is 24.5. The van der Waals surface area contributed by atoms with Crippen molar-refractivity contribution in [1.29, 1.82) is 0 Å². The monoisotopic (exact) mass is 916 g/mol. The summed E-state index contributed by atoms with van der Waals surface area (Å²) in [7, 11) is -4.79. The van der Waals surface area contributed by atoms with Gasteiger partial charge < -0.3 is 35.4 Å². The summed E-state index contributed by atoms with van der Waals surface area (Å²) in [6, 6.07) is -1.56. The molecule has 366 valence electrons. The normalized spacial score (nSPS) is 19.1. The molecule has 1 unspecified atom stereocenters. The van der Waals surface area contributed by atoms with Crippen LogP contribution in [0.2, 0.25) is 0 Å². The third-order valence-corrected chi connectivity index (χ3v) is 12.5. The Labute approximate surface area is 379 Å². The molecule has 1 fully saturated rings. The van der Waals surface area contributed by atoms with Crippen LogP contribution in [0.3, 0.4) is 0 Å². The SMILES string of the molecule is CCCCCCCC/C=C\CCCCCCCCCCCC(=O)OC[C@H](COP(=O)(O)OC[C@H](N)C(=O)O)OC(=O)CCCCCC[C@H]1C(=O)C[C@@H](O)[C@@H]1/C=C/[C@@H](O)CCCCC. The average molecular weight is 916 g/mol. The number of aliphatic hydroxyl groups excluding tert-OH is 2. The van der Waals surface area contributed by atoms with Gasteiger partial charge in [0.05, 0.1) is 25.4 Å². The van der Waals surface area contributed by atoms with E-state index in [1.807, 2.05) is 0 Å². The summed E-state index contributed by atoms with van der Waals surface area (Å²) in [5.41, 5.74) is 5.34. The topological polar surface area (TPSA) is 229 Å². The van der Waals surface area contributed by atoms with Crippen molar-refractivity contribution in [2.75, 3.05) is 19.8 Å². The van der Waals surface area contributed by atoms with E-state index in [9.17, 15) is 38.8 Å². The van der Waals surface area contributed by atoms with Gasteiger partial charge in [0, 0.05) is 31.1 Å². The van der Waals surface area contributed by atoms with E-state index >= 15 is 0 Å². The van der Waals surface area contributed by atoms with Gasteiger partial charge in [-0.3, -0.25) is 28.2 Å². The highest BCUT2D eigenvalue weighted by atomic mass is 31.2. The molecule has 0 radical (unpaired) electrons. The Morgan fingerprint density at radius 1 is 0.730 bits per heavy atom. The van der Waals surface area contributed by atoms with Gasteiger partial charge in [0.1, 0.15) is 18.4 Å². The molecule has 0 amide bonds. The molecule has 1 aliphatic carbocycles. The van der Waals surface area contributed by atoms with Crippen LogP contribution in [0.15, 0.2) is 24.3 Å². The van der Waals surface area contributed by atoms with Crippen LogP contribution in [0.4, 0.5) is 0 Å². The number of aliphatic hydroxyl groups is 2. The maximum atomic E-state index is 12.8. The average Bonchev–Trinajstić information content (AvgIpc) is 3.52. The Balaban J connectivity index is 2.40. The highest BCUT2D eigenvalue weighted by Gasteiger charge is 2.39. The molecule has 1 saturated carbocycles. The fourth-order valence-corrected chi connectivity index (χ4v) is 8.44. The zero-order valence-corrected chi connectivity index (χ0v) is 39.8. The molecule has 0 saturated heterocycles. The highest BCUT2D eigenvalue weighted by molar-refractivity contribution is 7.47. The van der Waals surface area contributed by atoms with E-state index in [1.54, 1.807) is 12.2 Å². The first-order chi connectivity index (χ1) is 30.3. The van der Waals surface area contributed by atoms with E-state index in [1.165, 1.54) is 77.0 Å². The predicted molar refractivity (Wildman–Crippen MR) is 246 cm³/mol. The number of allylic oxidation sites excluding steroid dienone is 2. The van der Waals surface area contributed by atoms with E-state index in [2.05, 4.69) is 30.5 Å². The Kier molecular flexibility index (Phi) is 35.1. The number of ketones is 1. The molecule has 0 heterocycles. The quantitative estimate of drug-likeness (QED) is 0.0166. The number of hydrogen-bond acceptors (Lipinski definition) is 12. The minimum absolute atomic E-state index is 0.0155. The van der Waals surface area contributed by atoms with Crippen LogP contribution in [0, 0.1) is 11.8 Å². The molecule has 0 aromatic rings. The maximum Gasteiger partial charge on any atom is 0.472 e. The Hall–Kier alpha value is -2.45. The number of ether oxygens (including phenoxy) is 2. The summed E-state index contributed by atoms with van der Waals surface area (Å²) in [6.45, 7) is 2.48. The van der Waals surface area contributed by atoms with Gasteiger partial charge in [-0.2, -0.15) is 0 Å². The van der Waals surface area contributed by atoms with Crippen molar-refractivity contribution < 1.29 is 62.5 Å². The summed E-state index contributed by atoms with van der Waals surface area (Å²) >= 11 is 0. The molecule has 6 N–H and O–H groups in total. The Bertz CT molecular complexity index is 1330. The standard InChI is InChI=1S/C48H86NO13P/c1-3-5-7-8-9-10-11-12-13-14-15-16-17-18-19-20-21-22-27-31-46(53)59-36-40(37-60-63(57,58)61-38-43(49)48(55)56)62-47(54)32-28-24-23-26-30-41-42(45(52)35-44(41)51)34-33-39(50)29-25-6-4-2/h12-13,33-34,39-43,45,50,52H,3-11,14-32,35-38,49H2,1-2H3,(H,55,56)(H,57,58)/b13-12-,34-33+/t39-,40+,41+,42+,43-,45+/m0/s1. The van der Waals surface area contributed by atoms with Crippen molar-refractivity contribution in [3.63, 3.8) is 0 Å². The fraction of sp³-hybridized carbons (Fsp3) is 0.833. The molecule has 7 atom stereocenters. The molecule has 0 aliphatic heterocycles. The summed E-state index contributed by atoms with van der Waals surface area (Å²) in [4.78, 5) is 58.9. The van der Waals surface area contributed by atoms with Crippen molar-refractivity contribution in [3.05, 3.63) is 24.3 Å². The van der Waals surface area contributed by atoms with E-state index in [0.717, 1.165) is 51.4 Å². The lowest BCUT2D eigenvalue weighted by Gasteiger charge is -2.20. The number of Topliss-reactive ketones (excluding diaryl/α,β-unsaturated/α-hetero) is 1. The number of nitrogens with two attached hydrogens (primary N) is 1. The van der Waals surface area contributed by atoms with Crippen molar-refractivity contribution >= 4 is 31.5 Å². The van der Waals surface area contributed by atoms with E-state index < -0.39 is 69.9 Å². The van der Waals surface area contributed by atoms with Gasteiger partial charge in [-0.15, -0.1) is 0 Å². The fourth-order valence-electron chi connectivity index (χ4n) is 7.66. The van der Waals surface area contributed by atoms with Crippen molar-refractivity contribution in [2.45, 2.75) is 224 Å². The predicted octanol–water partition coefficient (Wildman–Crippen LogP) is 9.99. The molecule has 0 spiro atoms. The first-order valence-corrected chi connectivity index (χ1v) is 26.0. The number of carbonyl (C=O) groups is 4. The number of aliphatic carboxylic acids is 1. The molecule has 1 rings (SSSR count). The summed E-state index contributed by atoms with van der Waals surface area (Å²) in [5, 5.41) is 29.7. The van der Waals surface area contributed by atoms with Gasteiger partial charge in [-0.05, 0) is 51.4 Å². The van der Waals surface area contributed by atoms with Crippen LogP contribution in [-0.4, -0.2) is 88.1 Å². The highest BCUT2D eigenvalue weighted by Crippen LogP contribution is 2.43. The number of hydrogen-bond donors (Lipinski definition) is 5.